The predicted octanol–water partition coefficient (Wildman–Crippen LogP) is 4.98. The van der Waals surface area contributed by atoms with Gasteiger partial charge >= 0.3 is 0 Å². The van der Waals surface area contributed by atoms with Crippen LogP contribution in [0.1, 0.15) is 23.3 Å². The average Bonchev–Trinajstić information content (AvgIpc) is 3.12. The van der Waals surface area contributed by atoms with Crippen LogP contribution in [0.3, 0.4) is 0 Å². The number of benzene rings is 2. The first-order valence-electron chi connectivity index (χ1n) is 9.70. The number of nitrogens with zero attached hydrogens (tertiary/aromatic N) is 1. The first-order chi connectivity index (χ1) is 14.9. The van der Waals surface area contributed by atoms with Crippen molar-refractivity contribution in [2.75, 3.05) is 12.5 Å². The zero-order valence-corrected chi connectivity index (χ0v) is 18.9. The number of nitrogens with one attached hydrogen (secondary N) is 2. The number of aryl methyl sites for hydroxylation is 1. The van der Waals surface area contributed by atoms with E-state index >= 15 is 0 Å². The molecule has 2 aromatic heterocycles. The van der Waals surface area contributed by atoms with Crippen LogP contribution in [0.4, 0.5) is 0 Å². The number of amides is 1. The fraction of sp³-hybridized carbons (Fsp3) is 0.174. The lowest BCUT2D eigenvalue weighted by Crippen LogP contribution is -2.36. The molecule has 0 fully saturated rings. The Labute approximate surface area is 188 Å². The van der Waals surface area contributed by atoms with E-state index in [2.05, 4.69) is 10.4 Å². The van der Waals surface area contributed by atoms with Crippen LogP contribution in [-0.2, 0) is 4.79 Å². The Morgan fingerprint density at radius 1 is 1.16 bits per heavy atom. The van der Waals surface area contributed by atoms with Crippen molar-refractivity contribution in [3.63, 3.8) is 0 Å². The number of thiophene rings is 1. The van der Waals surface area contributed by atoms with Crippen molar-refractivity contribution in [2.45, 2.75) is 19.8 Å². The van der Waals surface area contributed by atoms with Gasteiger partial charge in [-0.25, -0.2) is 0 Å². The Kier molecular flexibility index (Phi) is 5.75. The van der Waals surface area contributed by atoms with Crippen molar-refractivity contribution < 1.29 is 9.53 Å². The van der Waals surface area contributed by atoms with Gasteiger partial charge in [0.25, 0.3) is 5.56 Å². The molecule has 0 spiro atoms. The zero-order valence-electron chi connectivity index (χ0n) is 17.3. The number of aromatic nitrogens is 2. The van der Waals surface area contributed by atoms with Gasteiger partial charge in [0.2, 0.25) is 10.7 Å². The molecule has 0 bridgehead atoms. The van der Waals surface area contributed by atoms with Crippen LogP contribution in [0.15, 0.2) is 59.4 Å². The molecular formula is C23H21N3O3S2. The second-order valence-electron chi connectivity index (χ2n) is 7.11. The van der Waals surface area contributed by atoms with Crippen LogP contribution in [0.2, 0.25) is 0 Å². The van der Waals surface area contributed by atoms with E-state index < -0.39 is 5.92 Å². The molecule has 0 saturated carbocycles. The fourth-order valence-corrected chi connectivity index (χ4v) is 4.98. The maximum Gasteiger partial charge on any atom is 0.282 e. The first-order valence-corrected chi connectivity index (χ1v) is 10.9. The molecule has 8 heteroatoms. The highest BCUT2D eigenvalue weighted by molar-refractivity contribution is 7.71. The maximum absolute atomic E-state index is 13.4. The van der Waals surface area contributed by atoms with Gasteiger partial charge in [-0.05, 0) is 37.7 Å². The summed E-state index contributed by atoms with van der Waals surface area (Å²) in [6, 6.07) is 17.0. The molecule has 4 rings (SSSR count). The normalized spacial score (nSPS) is 12.0. The summed E-state index contributed by atoms with van der Waals surface area (Å²) in [5.74, 6) is -0.303. The molecule has 4 aromatic rings. The highest BCUT2D eigenvalue weighted by Crippen LogP contribution is 2.35. The molecule has 158 valence electrons. The van der Waals surface area contributed by atoms with Gasteiger partial charge in [0.1, 0.15) is 10.6 Å². The summed E-state index contributed by atoms with van der Waals surface area (Å²) >= 11 is 6.85. The standard InChI is InChI=1S/C23H21N3O3S2/c1-13(16-11-7-8-12-17(16)29-3)20(27)25-26-22(28)19-18(15-9-5-4-6-10-15)14(2)31-21(19)24-23(26)30/h4-13H,1-3H3,(H,24,30)(H,25,27). The fourth-order valence-electron chi connectivity index (χ4n) is 3.62. The van der Waals surface area contributed by atoms with Gasteiger partial charge in [0, 0.05) is 16.0 Å². The van der Waals surface area contributed by atoms with E-state index in [1.807, 2.05) is 55.5 Å². The highest BCUT2D eigenvalue weighted by atomic mass is 32.1. The van der Waals surface area contributed by atoms with Crippen LogP contribution in [-0.4, -0.2) is 22.7 Å². The Bertz CT molecular complexity index is 1390. The van der Waals surface area contributed by atoms with E-state index in [1.54, 1.807) is 20.1 Å². The lowest BCUT2D eigenvalue weighted by molar-refractivity contribution is -0.118. The summed E-state index contributed by atoms with van der Waals surface area (Å²) in [6.07, 6.45) is 0. The molecule has 0 radical (unpaired) electrons. The molecule has 31 heavy (non-hydrogen) atoms. The number of carbonyl (C=O) groups excluding carboxylic acids is 1. The van der Waals surface area contributed by atoms with Gasteiger partial charge in [-0.1, -0.05) is 48.5 Å². The number of carbonyl (C=O) groups is 1. The third kappa shape index (κ3) is 3.80. The van der Waals surface area contributed by atoms with Crippen molar-refractivity contribution in [1.82, 2.24) is 9.66 Å². The largest absolute Gasteiger partial charge is 0.496 e. The van der Waals surface area contributed by atoms with Gasteiger partial charge in [-0.2, -0.15) is 4.68 Å². The van der Waals surface area contributed by atoms with Crippen molar-refractivity contribution in [1.29, 1.82) is 0 Å². The number of rotatable bonds is 5. The Hall–Kier alpha value is -3.23. The van der Waals surface area contributed by atoms with Crippen LogP contribution >= 0.6 is 23.6 Å². The van der Waals surface area contributed by atoms with E-state index in [-0.39, 0.29) is 16.2 Å². The predicted molar refractivity (Wildman–Crippen MR) is 127 cm³/mol. The molecule has 1 unspecified atom stereocenters. The Balaban J connectivity index is 1.79. The number of fused-ring (bicyclic) bond motifs is 1. The number of methoxy groups -OCH3 is 1. The van der Waals surface area contributed by atoms with E-state index in [1.165, 1.54) is 11.3 Å². The van der Waals surface area contributed by atoms with Crippen LogP contribution in [0.5, 0.6) is 5.75 Å². The summed E-state index contributed by atoms with van der Waals surface area (Å²) in [7, 11) is 1.56. The quantitative estimate of drug-likeness (QED) is 0.420. The van der Waals surface area contributed by atoms with E-state index in [0.717, 1.165) is 26.2 Å². The molecule has 2 aromatic carbocycles. The van der Waals surface area contributed by atoms with Crippen LogP contribution < -0.4 is 15.7 Å². The van der Waals surface area contributed by atoms with Crippen molar-refractivity contribution in [3.05, 3.63) is 80.2 Å². The molecular weight excluding hydrogens is 430 g/mol. The number of para-hydroxylation sites is 1. The minimum Gasteiger partial charge on any atom is -0.496 e. The third-order valence-corrected chi connectivity index (χ3v) is 6.51. The third-order valence-electron chi connectivity index (χ3n) is 5.21. The highest BCUT2D eigenvalue weighted by Gasteiger charge is 2.22. The number of hydrogen-bond donors (Lipinski definition) is 2. The second kappa shape index (κ2) is 8.49. The molecule has 0 aliphatic carbocycles. The molecule has 0 aliphatic rings. The topological polar surface area (TPSA) is 76.1 Å². The first kappa shape index (κ1) is 21.0. The summed E-state index contributed by atoms with van der Waals surface area (Å²) in [4.78, 5) is 31.2. The van der Waals surface area contributed by atoms with Crippen LogP contribution in [0, 0.1) is 11.7 Å². The minimum absolute atomic E-state index is 0.138. The van der Waals surface area contributed by atoms with Crippen molar-refractivity contribution in [2.24, 2.45) is 0 Å². The van der Waals surface area contributed by atoms with E-state index in [4.69, 9.17) is 17.0 Å². The summed E-state index contributed by atoms with van der Waals surface area (Å²) < 4.78 is 6.62. The summed E-state index contributed by atoms with van der Waals surface area (Å²) in [5.41, 5.74) is 4.84. The SMILES string of the molecule is COc1ccccc1C(C)C(=O)Nn1c(=S)[nH]c2sc(C)c(-c3ccccc3)c2c1=O. The van der Waals surface area contributed by atoms with Crippen molar-refractivity contribution in [3.8, 4) is 16.9 Å². The van der Waals surface area contributed by atoms with Gasteiger partial charge in [-0.15, -0.1) is 11.3 Å². The number of aromatic amines is 1. The minimum atomic E-state index is -0.550. The van der Waals surface area contributed by atoms with Gasteiger partial charge < -0.3 is 9.72 Å². The Morgan fingerprint density at radius 3 is 2.55 bits per heavy atom. The van der Waals surface area contributed by atoms with E-state index in [9.17, 15) is 9.59 Å². The van der Waals surface area contributed by atoms with E-state index in [0.29, 0.717) is 16.0 Å². The lowest BCUT2D eigenvalue weighted by Gasteiger charge is -2.16. The smallest absolute Gasteiger partial charge is 0.282 e. The lowest BCUT2D eigenvalue weighted by atomic mass is 9.99. The number of H-pyrrole nitrogens is 1. The average molecular weight is 452 g/mol. The molecule has 2 heterocycles. The molecule has 2 N–H and O–H groups in total. The van der Waals surface area contributed by atoms with Crippen LogP contribution in [0.25, 0.3) is 21.3 Å². The molecule has 0 aliphatic heterocycles. The number of hydrogen-bond acceptors (Lipinski definition) is 5. The second-order valence-corrected chi connectivity index (χ2v) is 8.73. The molecule has 6 nitrogen and oxygen atoms in total. The molecule has 1 atom stereocenters. The Morgan fingerprint density at radius 2 is 1.84 bits per heavy atom. The molecule has 0 saturated heterocycles. The monoisotopic (exact) mass is 451 g/mol. The van der Waals surface area contributed by atoms with Gasteiger partial charge in [0.05, 0.1) is 18.4 Å². The van der Waals surface area contributed by atoms with Crippen molar-refractivity contribution >= 4 is 39.7 Å². The summed E-state index contributed by atoms with van der Waals surface area (Å²) in [5, 5.41) is 0.507. The maximum atomic E-state index is 13.4. The van der Waals surface area contributed by atoms with Gasteiger partial charge in [0.15, 0.2) is 0 Å². The van der Waals surface area contributed by atoms with Gasteiger partial charge in [-0.3, -0.25) is 15.0 Å². The zero-order chi connectivity index (χ0) is 22.1. The summed E-state index contributed by atoms with van der Waals surface area (Å²) in [6.45, 7) is 3.73. The molecule has 1 amide bonds. The number of ether oxygens (including phenoxy) is 1.